The fraction of sp³-hybridized carbons (Fsp3) is 0.0667. The van der Waals surface area contributed by atoms with Gasteiger partial charge in [0.25, 0.3) is 0 Å². The molecule has 0 aliphatic rings. The Morgan fingerprint density at radius 3 is 2.60 bits per heavy atom. The Kier molecular flexibility index (Phi) is 4.33. The second-order valence-electron chi connectivity index (χ2n) is 4.72. The van der Waals surface area contributed by atoms with E-state index in [9.17, 15) is 17.6 Å². The van der Waals surface area contributed by atoms with Crippen LogP contribution in [-0.2, 0) is 6.18 Å². The van der Waals surface area contributed by atoms with Crippen LogP contribution in [0.15, 0.2) is 45.9 Å². The van der Waals surface area contributed by atoms with Crippen LogP contribution in [0.4, 0.5) is 28.9 Å². The van der Waals surface area contributed by atoms with Crippen molar-refractivity contribution in [1.29, 1.82) is 5.26 Å². The number of aromatic amines is 1. The van der Waals surface area contributed by atoms with Gasteiger partial charge in [0, 0.05) is 0 Å². The quantitative estimate of drug-likeness (QED) is 0.486. The van der Waals surface area contributed by atoms with E-state index in [0.717, 1.165) is 6.07 Å². The van der Waals surface area contributed by atoms with Crippen LogP contribution in [0.5, 0.6) is 0 Å². The Bertz CT molecular complexity index is 967. The molecule has 0 aliphatic heterocycles. The first-order valence-corrected chi connectivity index (χ1v) is 7.59. The molecule has 3 rings (SSSR count). The lowest BCUT2D eigenvalue weighted by Gasteiger charge is -2.04. The van der Waals surface area contributed by atoms with Crippen molar-refractivity contribution in [2.75, 3.05) is 0 Å². The summed E-state index contributed by atoms with van der Waals surface area (Å²) in [4.78, 5) is 0.459. The lowest BCUT2D eigenvalue weighted by molar-refractivity contribution is -0.140. The van der Waals surface area contributed by atoms with Gasteiger partial charge in [-0.1, -0.05) is 12.1 Å². The predicted molar refractivity (Wildman–Crippen MR) is 82.2 cm³/mol. The molecule has 0 saturated carbocycles. The molecule has 25 heavy (non-hydrogen) atoms. The predicted octanol–water partition coefficient (Wildman–Crippen LogP) is 5.58. The van der Waals surface area contributed by atoms with E-state index < -0.39 is 28.9 Å². The molecule has 0 spiro atoms. The van der Waals surface area contributed by atoms with Gasteiger partial charge < -0.3 is 0 Å². The van der Waals surface area contributed by atoms with Crippen LogP contribution in [0, 0.1) is 17.1 Å². The van der Waals surface area contributed by atoms with Crippen LogP contribution < -0.4 is 0 Å². The van der Waals surface area contributed by atoms with E-state index in [1.165, 1.54) is 23.5 Å². The van der Waals surface area contributed by atoms with E-state index in [-0.39, 0.29) is 11.4 Å². The lowest BCUT2D eigenvalue weighted by atomic mass is 10.2. The molecule has 0 saturated heterocycles. The molecule has 0 atom stereocenters. The SMILES string of the molecule is N#Cc1c(F)cccc1N=Nc1c(-c2cccs2)n[nH]c1C(F)(F)F. The van der Waals surface area contributed by atoms with E-state index in [0.29, 0.717) is 4.88 Å². The van der Waals surface area contributed by atoms with Crippen LogP contribution in [0.3, 0.4) is 0 Å². The highest BCUT2D eigenvalue weighted by molar-refractivity contribution is 7.13. The fourth-order valence-electron chi connectivity index (χ4n) is 2.03. The average Bonchev–Trinajstić information content (AvgIpc) is 3.21. The number of thiophene rings is 1. The smallest absolute Gasteiger partial charge is 0.271 e. The molecule has 0 bridgehead atoms. The van der Waals surface area contributed by atoms with Crippen molar-refractivity contribution in [2.24, 2.45) is 10.2 Å². The molecule has 2 aromatic heterocycles. The molecule has 0 unspecified atom stereocenters. The maximum absolute atomic E-state index is 13.6. The number of H-pyrrole nitrogens is 1. The first-order chi connectivity index (χ1) is 11.9. The molecule has 1 aromatic carbocycles. The topological polar surface area (TPSA) is 77.2 Å². The van der Waals surface area contributed by atoms with Gasteiger partial charge in [0.1, 0.15) is 34.5 Å². The van der Waals surface area contributed by atoms with E-state index in [2.05, 4.69) is 15.3 Å². The molecular weight excluding hydrogens is 358 g/mol. The number of rotatable bonds is 3. The average molecular weight is 365 g/mol. The van der Waals surface area contributed by atoms with E-state index in [1.807, 2.05) is 5.10 Å². The largest absolute Gasteiger partial charge is 0.435 e. The van der Waals surface area contributed by atoms with Gasteiger partial charge in [-0.2, -0.15) is 23.5 Å². The van der Waals surface area contributed by atoms with Crippen LogP contribution in [0.2, 0.25) is 0 Å². The van der Waals surface area contributed by atoms with Gasteiger partial charge in [0.05, 0.1) is 4.88 Å². The lowest BCUT2D eigenvalue weighted by Crippen LogP contribution is -2.05. The Hall–Kier alpha value is -3.06. The third kappa shape index (κ3) is 3.27. The third-order valence-electron chi connectivity index (χ3n) is 3.14. The first-order valence-electron chi connectivity index (χ1n) is 6.71. The molecule has 0 aliphatic carbocycles. The van der Waals surface area contributed by atoms with Gasteiger partial charge in [-0.3, -0.25) is 5.10 Å². The molecule has 0 amide bonds. The molecule has 2 heterocycles. The molecule has 0 fully saturated rings. The molecule has 1 N–H and O–H groups in total. The maximum Gasteiger partial charge on any atom is 0.435 e. The van der Waals surface area contributed by atoms with Gasteiger partial charge in [0.15, 0.2) is 5.69 Å². The van der Waals surface area contributed by atoms with Crippen molar-refractivity contribution in [3.05, 3.63) is 52.8 Å². The Morgan fingerprint density at radius 2 is 1.96 bits per heavy atom. The van der Waals surface area contributed by atoms with Crippen molar-refractivity contribution in [2.45, 2.75) is 6.18 Å². The zero-order valence-corrected chi connectivity index (χ0v) is 13.0. The van der Waals surface area contributed by atoms with Crippen molar-refractivity contribution in [3.63, 3.8) is 0 Å². The fourth-order valence-corrected chi connectivity index (χ4v) is 2.74. The molecule has 126 valence electrons. The zero-order valence-electron chi connectivity index (χ0n) is 12.2. The van der Waals surface area contributed by atoms with Gasteiger partial charge >= 0.3 is 6.18 Å². The monoisotopic (exact) mass is 365 g/mol. The van der Waals surface area contributed by atoms with Crippen LogP contribution in [0.25, 0.3) is 10.6 Å². The summed E-state index contributed by atoms with van der Waals surface area (Å²) < 4.78 is 53.0. The summed E-state index contributed by atoms with van der Waals surface area (Å²) in [5.41, 5.74) is -2.30. The maximum atomic E-state index is 13.6. The number of halogens is 4. The Morgan fingerprint density at radius 1 is 1.16 bits per heavy atom. The minimum atomic E-state index is -4.73. The summed E-state index contributed by atoms with van der Waals surface area (Å²) in [7, 11) is 0. The van der Waals surface area contributed by atoms with Crippen molar-refractivity contribution < 1.29 is 17.6 Å². The number of azo groups is 1. The van der Waals surface area contributed by atoms with Crippen molar-refractivity contribution in [1.82, 2.24) is 10.2 Å². The molecule has 3 aromatic rings. The molecular formula is C15H7F4N5S. The van der Waals surface area contributed by atoms with Gasteiger partial charge in [0.2, 0.25) is 0 Å². The standard InChI is InChI=1S/C15H7F4N5S/c16-9-3-1-4-10(8(9)7-20)21-23-13-12(11-5-2-6-25-11)22-24-14(13)15(17,18)19/h1-6H,(H,22,24). The summed E-state index contributed by atoms with van der Waals surface area (Å²) in [6.45, 7) is 0. The number of hydrogen-bond donors (Lipinski definition) is 1. The second-order valence-corrected chi connectivity index (χ2v) is 5.66. The first kappa shape index (κ1) is 16.8. The summed E-state index contributed by atoms with van der Waals surface area (Å²) in [5.74, 6) is -0.833. The normalized spacial score (nSPS) is 11.8. The number of nitriles is 1. The van der Waals surface area contributed by atoms with Crippen molar-refractivity contribution in [3.8, 4) is 16.6 Å². The molecule has 5 nitrogen and oxygen atoms in total. The van der Waals surface area contributed by atoms with E-state index in [4.69, 9.17) is 5.26 Å². The van der Waals surface area contributed by atoms with Gasteiger partial charge in [-0.15, -0.1) is 21.6 Å². The van der Waals surface area contributed by atoms with Gasteiger partial charge in [-0.25, -0.2) is 4.39 Å². The van der Waals surface area contributed by atoms with E-state index >= 15 is 0 Å². The number of alkyl halides is 3. The molecule has 10 heteroatoms. The number of nitrogens with zero attached hydrogens (tertiary/aromatic N) is 4. The number of benzene rings is 1. The second kappa shape index (κ2) is 6.45. The summed E-state index contributed by atoms with van der Waals surface area (Å²) in [6.07, 6.45) is -4.73. The molecule has 0 radical (unpaired) electrons. The summed E-state index contributed by atoms with van der Waals surface area (Å²) in [6, 6.07) is 8.46. The highest BCUT2D eigenvalue weighted by Crippen LogP contribution is 2.42. The highest BCUT2D eigenvalue weighted by atomic mass is 32.1. The van der Waals surface area contributed by atoms with Crippen molar-refractivity contribution >= 4 is 22.7 Å². The summed E-state index contributed by atoms with van der Waals surface area (Å²) >= 11 is 1.18. The van der Waals surface area contributed by atoms with Crippen LogP contribution >= 0.6 is 11.3 Å². The highest BCUT2D eigenvalue weighted by Gasteiger charge is 2.38. The van der Waals surface area contributed by atoms with E-state index in [1.54, 1.807) is 23.6 Å². The third-order valence-corrected chi connectivity index (χ3v) is 4.02. The number of aromatic nitrogens is 2. The Labute approximate surface area is 142 Å². The zero-order chi connectivity index (χ0) is 18.0. The van der Waals surface area contributed by atoms with Crippen LogP contribution in [-0.4, -0.2) is 10.2 Å². The number of hydrogen-bond acceptors (Lipinski definition) is 5. The van der Waals surface area contributed by atoms with Gasteiger partial charge in [-0.05, 0) is 23.6 Å². The Balaban J connectivity index is 2.12. The number of nitrogens with one attached hydrogen (secondary N) is 1. The minimum absolute atomic E-state index is 0.0269. The summed E-state index contributed by atoms with van der Waals surface area (Å²) in [5, 5.41) is 23.5. The minimum Gasteiger partial charge on any atom is -0.271 e. The van der Waals surface area contributed by atoms with Crippen LogP contribution in [0.1, 0.15) is 11.3 Å².